The Balaban J connectivity index is 1.46. The fourth-order valence-corrected chi connectivity index (χ4v) is 3.05. The van der Waals surface area contributed by atoms with Crippen molar-refractivity contribution in [3.63, 3.8) is 0 Å². The highest BCUT2D eigenvalue weighted by molar-refractivity contribution is 5.89. The molecule has 5 aromatic heterocycles. The Morgan fingerprint density at radius 3 is 2.90 bits per heavy atom. The van der Waals surface area contributed by atoms with E-state index in [0.29, 0.717) is 29.6 Å². The van der Waals surface area contributed by atoms with Crippen LogP contribution in [0.3, 0.4) is 0 Å². The summed E-state index contributed by atoms with van der Waals surface area (Å²) in [6.07, 6.45) is 11.7. The van der Waals surface area contributed by atoms with Crippen LogP contribution in [0.1, 0.15) is 0 Å². The summed E-state index contributed by atoms with van der Waals surface area (Å²) in [5.74, 6) is 1.21. The van der Waals surface area contributed by atoms with Crippen molar-refractivity contribution in [2.45, 2.75) is 6.54 Å². The number of hydrogen-bond donors (Lipinski definition) is 3. The highest BCUT2D eigenvalue weighted by atomic mass is 16.3. The van der Waals surface area contributed by atoms with Crippen molar-refractivity contribution >= 4 is 39.5 Å². The second kappa shape index (κ2) is 7.13. The Kier molecular flexibility index (Phi) is 4.18. The van der Waals surface area contributed by atoms with Crippen molar-refractivity contribution in [3.05, 3.63) is 55.8 Å². The molecule has 5 aromatic rings. The zero-order chi connectivity index (χ0) is 19.6. The van der Waals surface area contributed by atoms with Crippen molar-refractivity contribution in [2.75, 3.05) is 17.3 Å². The van der Waals surface area contributed by atoms with Crippen LogP contribution >= 0.6 is 0 Å². The molecule has 0 radical (unpaired) electrons. The van der Waals surface area contributed by atoms with E-state index < -0.39 is 0 Å². The van der Waals surface area contributed by atoms with Gasteiger partial charge in [-0.05, 0) is 12.1 Å². The average Bonchev–Trinajstić information content (AvgIpc) is 3.36. The molecule has 0 saturated heterocycles. The van der Waals surface area contributed by atoms with E-state index in [0.717, 1.165) is 16.5 Å². The minimum absolute atomic E-state index is 0.0232. The molecule has 0 saturated carbocycles. The molecule has 0 aliphatic rings. The monoisotopic (exact) mass is 388 g/mol. The van der Waals surface area contributed by atoms with Crippen LogP contribution in [0.15, 0.2) is 55.8 Å². The molecule has 11 nitrogen and oxygen atoms in total. The zero-order valence-corrected chi connectivity index (χ0v) is 15.1. The fraction of sp³-hybridized carbons (Fsp3) is 0.111. The molecular weight excluding hydrogens is 372 g/mol. The summed E-state index contributed by atoms with van der Waals surface area (Å²) in [6, 6.07) is 3.82. The van der Waals surface area contributed by atoms with Crippen LogP contribution in [0.2, 0.25) is 0 Å². The molecule has 0 amide bonds. The van der Waals surface area contributed by atoms with Gasteiger partial charge >= 0.3 is 0 Å². The molecular formula is C18H16N10O. The van der Waals surface area contributed by atoms with Crippen molar-refractivity contribution < 1.29 is 5.11 Å². The topological polar surface area (TPSA) is 131 Å². The van der Waals surface area contributed by atoms with Gasteiger partial charge in [0.25, 0.3) is 0 Å². The molecule has 0 atom stereocenters. The van der Waals surface area contributed by atoms with E-state index in [4.69, 9.17) is 0 Å². The predicted octanol–water partition coefficient (Wildman–Crippen LogP) is 1.58. The first-order valence-electron chi connectivity index (χ1n) is 8.86. The third-order valence-corrected chi connectivity index (χ3v) is 4.37. The lowest BCUT2D eigenvalue weighted by Crippen LogP contribution is -2.10. The van der Waals surface area contributed by atoms with E-state index in [2.05, 4.69) is 40.6 Å². The van der Waals surface area contributed by atoms with Gasteiger partial charge in [0.1, 0.15) is 18.5 Å². The number of hydrogen-bond acceptors (Lipinski definition) is 9. The molecule has 0 aromatic carbocycles. The third kappa shape index (κ3) is 3.19. The van der Waals surface area contributed by atoms with E-state index in [1.165, 1.54) is 12.7 Å². The second-order valence-electron chi connectivity index (χ2n) is 6.21. The maximum absolute atomic E-state index is 9.18. The van der Waals surface area contributed by atoms with Crippen molar-refractivity contribution in [1.29, 1.82) is 0 Å². The van der Waals surface area contributed by atoms with E-state index in [1.54, 1.807) is 29.5 Å². The van der Waals surface area contributed by atoms with Crippen LogP contribution in [-0.2, 0) is 6.54 Å². The van der Waals surface area contributed by atoms with Crippen molar-refractivity contribution in [3.8, 4) is 0 Å². The van der Waals surface area contributed by atoms with Gasteiger partial charge in [0, 0.05) is 36.7 Å². The molecule has 5 rings (SSSR count). The fourth-order valence-electron chi connectivity index (χ4n) is 3.05. The van der Waals surface area contributed by atoms with Gasteiger partial charge in [0.05, 0.1) is 23.9 Å². The second-order valence-corrected chi connectivity index (χ2v) is 6.21. The third-order valence-electron chi connectivity index (χ3n) is 4.37. The quantitative estimate of drug-likeness (QED) is 0.396. The first-order chi connectivity index (χ1) is 14.3. The summed E-state index contributed by atoms with van der Waals surface area (Å²) >= 11 is 0. The van der Waals surface area contributed by atoms with Crippen LogP contribution in [0.5, 0.6) is 0 Å². The number of rotatable bonds is 6. The van der Waals surface area contributed by atoms with Gasteiger partial charge < -0.3 is 15.0 Å². The van der Waals surface area contributed by atoms with E-state index in [-0.39, 0.29) is 6.61 Å². The van der Waals surface area contributed by atoms with E-state index in [9.17, 15) is 5.11 Å². The van der Waals surface area contributed by atoms with E-state index in [1.807, 2.05) is 22.9 Å². The molecule has 0 bridgehead atoms. The largest absolute Gasteiger partial charge is 0.395 e. The van der Waals surface area contributed by atoms with Crippen LogP contribution in [0, 0.1) is 0 Å². The number of nitrogens with zero attached hydrogens (tertiary/aromatic N) is 8. The standard InChI is InChI=1S/C18H16N10O/c29-6-5-27-4-2-20-18(27)25-16-14-1-3-28(17(14)24-11-23-16)26-13-7-12-8-19-10-22-15(12)21-9-13/h1-4,7-11,26,29H,5-6H2,(H,20,23,24,25). The molecule has 144 valence electrons. The summed E-state index contributed by atoms with van der Waals surface area (Å²) in [5.41, 5.74) is 5.36. The molecule has 29 heavy (non-hydrogen) atoms. The number of anilines is 3. The van der Waals surface area contributed by atoms with Crippen molar-refractivity contribution in [2.24, 2.45) is 0 Å². The molecule has 3 N–H and O–H groups in total. The predicted molar refractivity (Wildman–Crippen MR) is 106 cm³/mol. The molecule has 0 aliphatic heterocycles. The average molecular weight is 388 g/mol. The van der Waals surface area contributed by atoms with Crippen molar-refractivity contribution in [1.82, 2.24) is 39.1 Å². The highest BCUT2D eigenvalue weighted by Gasteiger charge is 2.11. The first-order valence-corrected chi connectivity index (χ1v) is 8.86. The lowest BCUT2D eigenvalue weighted by atomic mass is 10.3. The van der Waals surface area contributed by atoms with E-state index >= 15 is 0 Å². The summed E-state index contributed by atoms with van der Waals surface area (Å²) in [5, 5.41) is 14.0. The molecule has 0 unspecified atom stereocenters. The summed E-state index contributed by atoms with van der Waals surface area (Å²) in [4.78, 5) is 25.5. The lowest BCUT2D eigenvalue weighted by molar-refractivity contribution is 0.277. The number of nitrogens with one attached hydrogen (secondary N) is 2. The zero-order valence-electron chi connectivity index (χ0n) is 15.1. The normalized spacial score (nSPS) is 11.2. The minimum Gasteiger partial charge on any atom is -0.395 e. The Morgan fingerprint density at radius 2 is 1.97 bits per heavy atom. The summed E-state index contributed by atoms with van der Waals surface area (Å²) < 4.78 is 3.60. The molecule has 0 spiro atoms. The highest BCUT2D eigenvalue weighted by Crippen LogP contribution is 2.24. The minimum atomic E-state index is 0.0232. The van der Waals surface area contributed by atoms with Gasteiger partial charge in [0.2, 0.25) is 5.95 Å². The van der Waals surface area contributed by atoms with Gasteiger partial charge in [-0.15, -0.1) is 0 Å². The lowest BCUT2D eigenvalue weighted by Gasteiger charge is -2.10. The summed E-state index contributed by atoms with van der Waals surface area (Å²) in [6.45, 7) is 0.465. The Morgan fingerprint density at radius 1 is 1.00 bits per heavy atom. The number of aromatic nitrogens is 8. The SMILES string of the molecule is OCCn1ccnc1Nc1ncnc2c1ccn2Nc1cnc2ncncc2c1. The van der Waals surface area contributed by atoms with Gasteiger partial charge in [-0.25, -0.2) is 34.6 Å². The first kappa shape index (κ1) is 17.0. The number of imidazole rings is 1. The van der Waals surface area contributed by atoms with Gasteiger partial charge in [-0.2, -0.15) is 0 Å². The Labute approximate surface area is 164 Å². The van der Waals surface area contributed by atoms with Crippen LogP contribution in [0.25, 0.3) is 22.1 Å². The Hall–Kier alpha value is -4.12. The van der Waals surface area contributed by atoms with Gasteiger partial charge in [-0.3, -0.25) is 5.43 Å². The molecule has 11 heteroatoms. The number of aliphatic hydroxyl groups excluding tert-OH is 1. The molecule has 0 fully saturated rings. The maximum Gasteiger partial charge on any atom is 0.208 e. The van der Waals surface area contributed by atoms with Crippen LogP contribution in [-0.4, -0.2) is 50.9 Å². The van der Waals surface area contributed by atoms with Gasteiger partial charge in [-0.1, -0.05) is 0 Å². The number of fused-ring (bicyclic) bond motifs is 2. The maximum atomic E-state index is 9.18. The van der Waals surface area contributed by atoms with Crippen LogP contribution < -0.4 is 10.7 Å². The molecule has 0 aliphatic carbocycles. The van der Waals surface area contributed by atoms with Gasteiger partial charge in [0.15, 0.2) is 11.3 Å². The molecule has 5 heterocycles. The number of pyridine rings is 1. The van der Waals surface area contributed by atoms with Crippen LogP contribution in [0.4, 0.5) is 17.5 Å². The number of aliphatic hydroxyl groups is 1. The smallest absolute Gasteiger partial charge is 0.208 e. The summed E-state index contributed by atoms with van der Waals surface area (Å²) in [7, 11) is 0. The Bertz CT molecular complexity index is 1290.